The SMILES string of the molecule is Cc1ccc(C(=O)N2CCN(C(=O)[C@@H](N=C3NS(=O)(=O)c4ccccc43)C(C)C)CC2)cc1F. The number of amides is 2. The summed E-state index contributed by atoms with van der Waals surface area (Å²) in [5.74, 6) is -0.934. The predicted octanol–water partition coefficient (Wildman–Crippen LogP) is 2.18. The van der Waals surface area contributed by atoms with Crippen molar-refractivity contribution >= 4 is 27.7 Å². The van der Waals surface area contributed by atoms with Crippen molar-refractivity contribution in [1.82, 2.24) is 14.5 Å². The van der Waals surface area contributed by atoms with Crippen molar-refractivity contribution in [2.24, 2.45) is 10.9 Å². The van der Waals surface area contributed by atoms with Crippen LogP contribution in [0.2, 0.25) is 0 Å². The predicted molar refractivity (Wildman–Crippen MR) is 126 cm³/mol. The number of hydrogen-bond donors (Lipinski definition) is 1. The first-order valence-corrected chi connectivity index (χ1v) is 12.6. The molecule has 0 unspecified atom stereocenters. The molecule has 0 aromatic heterocycles. The molecule has 8 nitrogen and oxygen atoms in total. The third-order valence-electron chi connectivity index (χ3n) is 6.11. The Bertz CT molecular complexity index is 1270. The zero-order chi connectivity index (χ0) is 24.6. The standard InChI is InChI=1S/C24H27FN4O4S/c1-15(2)21(26-22-18-6-4-5-7-20(18)34(32,33)27-22)24(31)29-12-10-28(11-13-29)23(30)17-9-8-16(3)19(25)14-17/h4-9,14-15,21H,10-13H2,1-3H3,(H,26,27)/t21-/m0/s1. The lowest BCUT2D eigenvalue weighted by Crippen LogP contribution is -2.53. The van der Waals surface area contributed by atoms with Gasteiger partial charge in [-0.1, -0.05) is 32.0 Å². The van der Waals surface area contributed by atoms with E-state index in [1.165, 1.54) is 12.1 Å². The number of carbonyl (C=O) groups is 2. The first-order valence-electron chi connectivity index (χ1n) is 11.1. The van der Waals surface area contributed by atoms with Gasteiger partial charge in [0.25, 0.3) is 15.9 Å². The third-order valence-corrected chi connectivity index (χ3v) is 7.51. The van der Waals surface area contributed by atoms with E-state index in [0.717, 1.165) is 0 Å². The van der Waals surface area contributed by atoms with Crippen LogP contribution in [0.5, 0.6) is 0 Å². The molecule has 2 aromatic carbocycles. The normalized spacial score (nSPS) is 19.1. The van der Waals surface area contributed by atoms with Crippen LogP contribution in [-0.2, 0) is 14.8 Å². The van der Waals surface area contributed by atoms with Gasteiger partial charge in [-0.2, -0.15) is 0 Å². The van der Waals surface area contributed by atoms with Gasteiger partial charge in [-0.3, -0.25) is 19.3 Å². The number of nitrogens with zero attached hydrogens (tertiary/aromatic N) is 3. The van der Waals surface area contributed by atoms with Crippen LogP contribution in [0.3, 0.4) is 0 Å². The number of piperazine rings is 1. The van der Waals surface area contributed by atoms with Gasteiger partial charge in [-0.15, -0.1) is 0 Å². The lowest BCUT2D eigenvalue weighted by atomic mass is 10.0. The van der Waals surface area contributed by atoms with Crippen molar-refractivity contribution in [2.75, 3.05) is 26.2 Å². The molecule has 10 heteroatoms. The van der Waals surface area contributed by atoms with Crippen molar-refractivity contribution in [3.8, 4) is 0 Å². The molecule has 0 saturated carbocycles. The number of carbonyl (C=O) groups excluding carboxylic acids is 2. The molecule has 0 radical (unpaired) electrons. The van der Waals surface area contributed by atoms with E-state index in [1.54, 1.807) is 47.1 Å². The summed E-state index contributed by atoms with van der Waals surface area (Å²) < 4.78 is 41.1. The van der Waals surface area contributed by atoms with Crippen LogP contribution in [-0.4, -0.2) is 68.1 Å². The zero-order valence-corrected chi connectivity index (χ0v) is 20.1. The van der Waals surface area contributed by atoms with Crippen LogP contribution < -0.4 is 4.72 Å². The van der Waals surface area contributed by atoms with E-state index < -0.39 is 21.9 Å². The van der Waals surface area contributed by atoms with Crippen LogP contribution in [0.15, 0.2) is 52.4 Å². The fourth-order valence-corrected chi connectivity index (χ4v) is 5.32. The van der Waals surface area contributed by atoms with Gasteiger partial charge in [-0.25, -0.2) is 12.8 Å². The van der Waals surface area contributed by atoms with Crippen LogP contribution in [0.1, 0.15) is 35.3 Å². The molecule has 2 amide bonds. The molecule has 0 bridgehead atoms. The maximum Gasteiger partial charge on any atom is 0.263 e. The molecule has 0 spiro atoms. The number of aliphatic imine (C=N–C) groups is 1. The van der Waals surface area contributed by atoms with Crippen LogP contribution in [0.25, 0.3) is 0 Å². The van der Waals surface area contributed by atoms with E-state index in [4.69, 9.17) is 0 Å². The highest BCUT2D eigenvalue weighted by Gasteiger charge is 2.35. The van der Waals surface area contributed by atoms with Crippen LogP contribution in [0, 0.1) is 18.7 Å². The summed E-state index contributed by atoms with van der Waals surface area (Å²) in [7, 11) is -3.70. The van der Waals surface area contributed by atoms with Crippen molar-refractivity contribution in [2.45, 2.75) is 31.7 Å². The summed E-state index contributed by atoms with van der Waals surface area (Å²) in [5.41, 5.74) is 1.20. The minimum Gasteiger partial charge on any atom is -0.337 e. The van der Waals surface area contributed by atoms with Crippen molar-refractivity contribution in [3.05, 3.63) is 65.0 Å². The molecule has 180 valence electrons. The van der Waals surface area contributed by atoms with E-state index in [0.29, 0.717) is 37.3 Å². The fourth-order valence-electron chi connectivity index (χ4n) is 4.08. The van der Waals surface area contributed by atoms with Gasteiger partial charge in [0.1, 0.15) is 17.7 Å². The number of nitrogens with one attached hydrogen (secondary N) is 1. The minimum absolute atomic E-state index is 0.142. The molecule has 2 aliphatic heterocycles. The van der Waals surface area contributed by atoms with E-state index in [1.807, 2.05) is 13.8 Å². The Morgan fingerprint density at radius 1 is 1.03 bits per heavy atom. The van der Waals surface area contributed by atoms with E-state index >= 15 is 0 Å². The Hall–Kier alpha value is -3.27. The average molecular weight is 487 g/mol. The Morgan fingerprint density at radius 2 is 1.68 bits per heavy atom. The number of sulfonamides is 1. The zero-order valence-electron chi connectivity index (χ0n) is 19.3. The Balaban J connectivity index is 1.47. The number of hydrogen-bond acceptors (Lipinski definition) is 5. The number of fused-ring (bicyclic) bond motifs is 1. The molecular formula is C24H27FN4O4S. The molecular weight excluding hydrogens is 459 g/mol. The maximum atomic E-state index is 13.9. The number of rotatable bonds is 4. The topological polar surface area (TPSA) is 99.2 Å². The second kappa shape index (κ2) is 9.17. The maximum absolute atomic E-state index is 13.9. The lowest BCUT2D eigenvalue weighted by molar-refractivity contribution is -0.134. The van der Waals surface area contributed by atoms with Crippen molar-refractivity contribution in [1.29, 1.82) is 0 Å². The molecule has 2 aromatic rings. The van der Waals surface area contributed by atoms with Gasteiger partial charge < -0.3 is 9.80 Å². The summed E-state index contributed by atoms with van der Waals surface area (Å²) in [5, 5.41) is 0. The van der Waals surface area contributed by atoms with E-state index in [9.17, 15) is 22.4 Å². The van der Waals surface area contributed by atoms with Crippen molar-refractivity contribution < 1.29 is 22.4 Å². The molecule has 1 fully saturated rings. The van der Waals surface area contributed by atoms with Gasteiger partial charge in [0, 0.05) is 37.3 Å². The van der Waals surface area contributed by atoms with Gasteiger partial charge in [0.05, 0.1) is 4.90 Å². The Morgan fingerprint density at radius 3 is 2.32 bits per heavy atom. The van der Waals surface area contributed by atoms with Gasteiger partial charge >= 0.3 is 0 Å². The molecule has 1 atom stereocenters. The second-order valence-corrected chi connectivity index (χ2v) is 10.5. The lowest BCUT2D eigenvalue weighted by Gasteiger charge is -2.36. The van der Waals surface area contributed by atoms with Crippen LogP contribution >= 0.6 is 0 Å². The molecule has 2 heterocycles. The van der Waals surface area contributed by atoms with Gasteiger partial charge in [-0.05, 0) is 42.7 Å². The highest BCUT2D eigenvalue weighted by atomic mass is 32.2. The quantitative estimate of drug-likeness (QED) is 0.716. The molecule has 1 saturated heterocycles. The number of benzene rings is 2. The number of halogens is 1. The minimum atomic E-state index is -3.70. The molecule has 2 aliphatic rings. The molecule has 1 N–H and O–H groups in total. The summed E-state index contributed by atoms with van der Waals surface area (Å²) in [6, 6.07) is 10.2. The molecule has 4 rings (SSSR count). The highest BCUT2D eigenvalue weighted by Crippen LogP contribution is 2.24. The van der Waals surface area contributed by atoms with E-state index in [2.05, 4.69) is 9.71 Å². The smallest absolute Gasteiger partial charge is 0.263 e. The largest absolute Gasteiger partial charge is 0.337 e. The van der Waals surface area contributed by atoms with Gasteiger partial charge in [0.2, 0.25) is 5.91 Å². The Labute approximate surface area is 198 Å². The highest BCUT2D eigenvalue weighted by molar-refractivity contribution is 7.90. The molecule has 0 aliphatic carbocycles. The second-order valence-electron chi connectivity index (χ2n) is 8.85. The third kappa shape index (κ3) is 4.54. The van der Waals surface area contributed by atoms with Crippen LogP contribution in [0.4, 0.5) is 4.39 Å². The summed E-state index contributed by atoms with van der Waals surface area (Å²) in [6.45, 7) is 6.61. The summed E-state index contributed by atoms with van der Waals surface area (Å²) >= 11 is 0. The first-order chi connectivity index (χ1) is 16.1. The van der Waals surface area contributed by atoms with E-state index in [-0.39, 0.29) is 34.0 Å². The summed E-state index contributed by atoms with van der Waals surface area (Å²) in [4.78, 5) is 34.0. The Kier molecular flexibility index (Phi) is 6.44. The summed E-state index contributed by atoms with van der Waals surface area (Å²) in [6.07, 6.45) is 0. The fraction of sp³-hybridized carbons (Fsp3) is 0.375. The monoisotopic (exact) mass is 486 g/mol. The molecule has 34 heavy (non-hydrogen) atoms. The number of aryl methyl sites for hydroxylation is 1. The average Bonchev–Trinajstić information content (AvgIpc) is 3.08. The van der Waals surface area contributed by atoms with Gasteiger partial charge in [0.15, 0.2) is 0 Å². The number of amidine groups is 1. The van der Waals surface area contributed by atoms with Crippen molar-refractivity contribution in [3.63, 3.8) is 0 Å². The first kappa shape index (κ1) is 23.9.